The molecule has 0 amide bonds. The van der Waals surface area contributed by atoms with Gasteiger partial charge >= 0.3 is 6.18 Å². The number of hydrogen-bond donors (Lipinski definition) is 0. The van der Waals surface area contributed by atoms with Crippen molar-refractivity contribution < 1.29 is 22.7 Å². The van der Waals surface area contributed by atoms with Crippen LogP contribution in [0.15, 0.2) is 42.6 Å². The Hall–Kier alpha value is -2.37. The van der Waals surface area contributed by atoms with Gasteiger partial charge in [-0.05, 0) is 30.3 Å². The predicted molar refractivity (Wildman–Crippen MR) is 61.1 cm³/mol. The Morgan fingerprint density at radius 2 is 1.74 bits per heavy atom. The molecule has 19 heavy (non-hydrogen) atoms. The van der Waals surface area contributed by atoms with E-state index >= 15 is 0 Å². The Kier molecular flexibility index (Phi) is 3.50. The van der Waals surface area contributed by atoms with Gasteiger partial charge in [0.1, 0.15) is 23.5 Å². The summed E-state index contributed by atoms with van der Waals surface area (Å²) in [6, 6.07) is 8.15. The molecule has 3 nitrogen and oxygen atoms in total. The summed E-state index contributed by atoms with van der Waals surface area (Å²) < 4.78 is 42.6. The largest absolute Gasteiger partial charge is 0.457 e. The summed E-state index contributed by atoms with van der Waals surface area (Å²) >= 11 is 0. The van der Waals surface area contributed by atoms with Crippen LogP contribution in [-0.2, 0) is 6.18 Å². The second kappa shape index (κ2) is 5.09. The van der Waals surface area contributed by atoms with Gasteiger partial charge in [0.25, 0.3) is 0 Å². The first kappa shape index (κ1) is 13.1. The number of nitrogens with zero attached hydrogens (tertiary/aromatic N) is 1. The van der Waals surface area contributed by atoms with Gasteiger partial charge < -0.3 is 4.74 Å². The normalized spacial score (nSPS) is 11.1. The molecule has 0 radical (unpaired) electrons. The number of rotatable bonds is 3. The first-order chi connectivity index (χ1) is 8.99. The molecule has 0 aliphatic rings. The standard InChI is InChI=1S/C13H8F3NO2/c14-13(15,16)12-7-11(5-6-17-12)19-10-3-1-9(8-18)2-4-10/h1-8H. The number of pyridine rings is 1. The quantitative estimate of drug-likeness (QED) is 0.796. The predicted octanol–water partition coefficient (Wildman–Crippen LogP) is 3.71. The number of halogens is 3. The number of carbonyl (C=O) groups excluding carboxylic acids is 1. The lowest BCUT2D eigenvalue weighted by Gasteiger charge is -2.09. The van der Waals surface area contributed by atoms with Crippen LogP contribution in [0.1, 0.15) is 16.1 Å². The average molecular weight is 267 g/mol. The van der Waals surface area contributed by atoms with E-state index in [0.29, 0.717) is 17.6 Å². The Labute approximate surface area is 106 Å². The molecular weight excluding hydrogens is 259 g/mol. The molecule has 1 heterocycles. The molecule has 0 spiro atoms. The Bertz CT molecular complexity index is 579. The van der Waals surface area contributed by atoms with Crippen molar-refractivity contribution in [3.05, 3.63) is 53.9 Å². The number of hydrogen-bond acceptors (Lipinski definition) is 3. The minimum Gasteiger partial charge on any atom is -0.457 e. The van der Waals surface area contributed by atoms with Gasteiger partial charge in [-0.2, -0.15) is 13.2 Å². The molecule has 2 rings (SSSR count). The van der Waals surface area contributed by atoms with Crippen LogP contribution in [-0.4, -0.2) is 11.3 Å². The van der Waals surface area contributed by atoms with Gasteiger partial charge in [0.15, 0.2) is 0 Å². The molecule has 0 bridgehead atoms. The molecule has 0 aliphatic carbocycles. The Balaban J connectivity index is 2.20. The number of aldehydes is 1. The van der Waals surface area contributed by atoms with E-state index in [2.05, 4.69) is 4.98 Å². The number of aromatic nitrogens is 1. The van der Waals surface area contributed by atoms with Gasteiger partial charge in [-0.15, -0.1) is 0 Å². The third-order valence-corrected chi connectivity index (χ3v) is 2.27. The molecule has 98 valence electrons. The first-order valence-corrected chi connectivity index (χ1v) is 5.25. The fourth-order valence-electron chi connectivity index (χ4n) is 1.38. The van der Waals surface area contributed by atoms with Crippen molar-refractivity contribution >= 4 is 6.29 Å². The molecule has 1 aromatic heterocycles. The van der Waals surface area contributed by atoms with Gasteiger partial charge in [0.2, 0.25) is 0 Å². The molecule has 0 saturated heterocycles. The SMILES string of the molecule is O=Cc1ccc(Oc2ccnc(C(F)(F)F)c2)cc1. The van der Waals surface area contributed by atoms with E-state index in [9.17, 15) is 18.0 Å². The van der Waals surface area contributed by atoms with Gasteiger partial charge in [-0.1, -0.05) is 0 Å². The first-order valence-electron chi connectivity index (χ1n) is 5.25. The van der Waals surface area contributed by atoms with E-state index in [1.807, 2.05) is 0 Å². The van der Waals surface area contributed by atoms with Gasteiger partial charge in [-0.25, -0.2) is 0 Å². The fraction of sp³-hybridized carbons (Fsp3) is 0.0769. The highest BCUT2D eigenvalue weighted by Gasteiger charge is 2.32. The van der Waals surface area contributed by atoms with Crippen LogP contribution < -0.4 is 4.74 Å². The summed E-state index contributed by atoms with van der Waals surface area (Å²) in [7, 11) is 0. The Morgan fingerprint density at radius 3 is 2.32 bits per heavy atom. The lowest BCUT2D eigenvalue weighted by molar-refractivity contribution is -0.141. The monoisotopic (exact) mass is 267 g/mol. The van der Waals surface area contributed by atoms with Crippen LogP contribution in [0.5, 0.6) is 11.5 Å². The van der Waals surface area contributed by atoms with Crippen molar-refractivity contribution in [2.45, 2.75) is 6.18 Å². The Morgan fingerprint density at radius 1 is 1.05 bits per heavy atom. The van der Waals surface area contributed by atoms with Crippen LogP contribution in [0.25, 0.3) is 0 Å². The highest BCUT2D eigenvalue weighted by Crippen LogP contribution is 2.30. The highest BCUT2D eigenvalue weighted by atomic mass is 19.4. The maximum absolute atomic E-state index is 12.4. The lowest BCUT2D eigenvalue weighted by atomic mass is 10.2. The van der Waals surface area contributed by atoms with Crippen molar-refractivity contribution in [3.8, 4) is 11.5 Å². The van der Waals surface area contributed by atoms with Crippen LogP contribution in [0.3, 0.4) is 0 Å². The zero-order valence-electron chi connectivity index (χ0n) is 9.52. The van der Waals surface area contributed by atoms with E-state index in [1.165, 1.54) is 30.3 Å². The third kappa shape index (κ3) is 3.31. The van der Waals surface area contributed by atoms with Gasteiger partial charge in [0, 0.05) is 17.8 Å². The van der Waals surface area contributed by atoms with Crippen LogP contribution in [0.4, 0.5) is 13.2 Å². The second-order valence-corrected chi connectivity index (χ2v) is 3.66. The summed E-state index contributed by atoms with van der Waals surface area (Å²) in [6.45, 7) is 0. The zero-order chi connectivity index (χ0) is 13.9. The molecule has 0 fully saturated rings. The van der Waals surface area contributed by atoms with Crippen molar-refractivity contribution in [1.29, 1.82) is 0 Å². The van der Waals surface area contributed by atoms with Crippen molar-refractivity contribution in [1.82, 2.24) is 4.98 Å². The average Bonchev–Trinajstić information content (AvgIpc) is 2.39. The summed E-state index contributed by atoms with van der Waals surface area (Å²) in [5, 5.41) is 0. The molecule has 0 unspecified atom stereocenters. The second-order valence-electron chi connectivity index (χ2n) is 3.66. The maximum Gasteiger partial charge on any atom is 0.433 e. The fourth-order valence-corrected chi connectivity index (χ4v) is 1.38. The maximum atomic E-state index is 12.4. The summed E-state index contributed by atoms with van der Waals surface area (Å²) in [4.78, 5) is 13.7. The molecular formula is C13H8F3NO2. The highest BCUT2D eigenvalue weighted by molar-refractivity contribution is 5.74. The van der Waals surface area contributed by atoms with E-state index in [-0.39, 0.29) is 5.75 Å². The van der Waals surface area contributed by atoms with E-state index < -0.39 is 11.9 Å². The summed E-state index contributed by atoms with van der Waals surface area (Å²) in [5.74, 6) is 0.367. The lowest BCUT2D eigenvalue weighted by Crippen LogP contribution is -2.07. The number of carbonyl (C=O) groups is 1. The van der Waals surface area contributed by atoms with Crippen molar-refractivity contribution in [2.24, 2.45) is 0 Å². The molecule has 0 aliphatic heterocycles. The third-order valence-electron chi connectivity index (χ3n) is 2.27. The van der Waals surface area contributed by atoms with Crippen molar-refractivity contribution in [3.63, 3.8) is 0 Å². The molecule has 0 atom stereocenters. The van der Waals surface area contributed by atoms with Gasteiger partial charge in [-0.3, -0.25) is 9.78 Å². The topological polar surface area (TPSA) is 39.2 Å². The van der Waals surface area contributed by atoms with Crippen LogP contribution >= 0.6 is 0 Å². The number of ether oxygens (including phenoxy) is 1. The smallest absolute Gasteiger partial charge is 0.433 e. The number of alkyl halides is 3. The van der Waals surface area contributed by atoms with Gasteiger partial charge in [0.05, 0.1) is 0 Å². The van der Waals surface area contributed by atoms with Crippen molar-refractivity contribution in [2.75, 3.05) is 0 Å². The minimum absolute atomic E-state index is 0.0289. The molecule has 6 heteroatoms. The van der Waals surface area contributed by atoms with Crippen LogP contribution in [0.2, 0.25) is 0 Å². The summed E-state index contributed by atoms with van der Waals surface area (Å²) in [5.41, 5.74) is -0.562. The molecule has 2 aromatic rings. The van der Waals surface area contributed by atoms with Crippen LogP contribution in [0, 0.1) is 0 Å². The number of benzene rings is 1. The van der Waals surface area contributed by atoms with E-state index in [4.69, 9.17) is 4.74 Å². The zero-order valence-corrected chi connectivity index (χ0v) is 9.52. The summed E-state index contributed by atoms with van der Waals surface area (Å²) in [6.07, 6.45) is -2.82. The molecule has 1 aromatic carbocycles. The van der Waals surface area contributed by atoms with E-state index in [0.717, 1.165) is 12.3 Å². The molecule has 0 N–H and O–H groups in total. The molecule has 0 saturated carbocycles. The van der Waals surface area contributed by atoms with E-state index in [1.54, 1.807) is 0 Å². The minimum atomic E-state index is -4.51.